The van der Waals surface area contributed by atoms with Crippen LogP contribution in [0.15, 0.2) is 24.3 Å². The van der Waals surface area contributed by atoms with Gasteiger partial charge in [0.25, 0.3) is 0 Å². The zero-order chi connectivity index (χ0) is 13.0. The standard InChI is InChI=1S/C13H17NO3S/c1-17-13(15)12-5-3-2-4-11(12)10-14-6-8-18(16)9-7-14/h2-5H,6-10H2,1H3. The summed E-state index contributed by atoms with van der Waals surface area (Å²) in [6.07, 6.45) is 0. The fourth-order valence-corrected chi connectivity index (χ4v) is 3.17. The molecule has 4 nitrogen and oxygen atoms in total. The quantitative estimate of drug-likeness (QED) is 0.768. The predicted molar refractivity (Wildman–Crippen MR) is 70.9 cm³/mol. The highest BCUT2D eigenvalue weighted by atomic mass is 32.2. The van der Waals surface area contributed by atoms with Crippen molar-refractivity contribution in [3.8, 4) is 0 Å². The number of methoxy groups -OCH3 is 1. The van der Waals surface area contributed by atoms with Gasteiger partial charge >= 0.3 is 5.97 Å². The van der Waals surface area contributed by atoms with Gasteiger partial charge in [0.1, 0.15) is 0 Å². The monoisotopic (exact) mass is 267 g/mol. The maximum absolute atomic E-state index is 11.6. The number of hydrogen-bond acceptors (Lipinski definition) is 4. The first kappa shape index (κ1) is 13.2. The molecule has 0 unspecified atom stereocenters. The van der Waals surface area contributed by atoms with Crippen LogP contribution in [0.3, 0.4) is 0 Å². The molecule has 0 saturated carbocycles. The van der Waals surface area contributed by atoms with E-state index in [1.165, 1.54) is 7.11 Å². The molecule has 1 aromatic rings. The van der Waals surface area contributed by atoms with E-state index in [9.17, 15) is 9.00 Å². The van der Waals surface area contributed by atoms with Crippen LogP contribution in [0.25, 0.3) is 0 Å². The van der Waals surface area contributed by atoms with E-state index in [2.05, 4.69) is 4.90 Å². The zero-order valence-electron chi connectivity index (χ0n) is 10.4. The lowest BCUT2D eigenvalue weighted by molar-refractivity contribution is 0.0598. The third kappa shape index (κ3) is 3.17. The normalized spacial score (nSPS) is 17.6. The van der Waals surface area contributed by atoms with Crippen LogP contribution in [0, 0.1) is 0 Å². The van der Waals surface area contributed by atoms with E-state index in [0.29, 0.717) is 12.1 Å². The molecule has 5 heteroatoms. The average Bonchev–Trinajstić information content (AvgIpc) is 2.41. The van der Waals surface area contributed by atoms with Gasteiger partial charge in [0.15, 0.2) is 0 Å². The van der Waals surface area contributed by atoms with Crippen LogP contribution in [-0.2, 0) is 22.1 Å². The number of esters is 1. The molecule has 1 fully saturated rings. The molecule has 0 bridgehead atoms. The third-order valence-electron chi connectivity index (χ3n) is 3.09. The van der Waals surface area contributed by atoms with Crippen LogP contribution in [0.4, 0.5) is 0 Å². The minimum absolute atomic E-state index is 0.300. The van der Waals surface area contributed by atoms with Crippen molar-refractivity contribution in [3.05, 3.63) is 35.4 Å². The van der Waals surface area contributed by atoms with Crippen LogP contribution in [0.2, 0.25) is 0 Å². The minimum Gasteiger partial charge on any atom is -0.465 e. The topological polar surface area (TPSA) is 46.6 Å². The molecule has 1 heterocycles. The van der Waals surface area contributed by atoms with Crippen molar-refractivity contribution in [2.45, 2.75) is 6.54 Å². The third-order valence-corrected chi connectivity index (χ3v) is 4.36. The van der Waals surface area contributed by atoms with Crippen molar-refractivity contribution >= 4 is 16.8 Å². The van der Waals surface area contributed by atoms with E-state index in [0.717, 1.165) is 30.2 Å². The highest BCUT2D eigenvalue weighted by Gasteiger charge is 2.18. The summed E-state index contributed by atoms with van der Waals surface area (Å²) in [6, 6.07) is 7.48. The highest BCUT2D eigenvalue weighted by molar-refractivity contribution is 7.85. The van der Waals surface area contributed by atoms with Gasteiger partial charge < -0.3 is 4.74 Å². The summed E-state index contributed by atoms with van der Waals surface area (Å²) in [6.45, 7) is 2.35. The van der Waals surface area contributed by atoms with Gasteiger partial charge in [-0.15, -0.1) is 0 Å². The van der Waals surface area contributed by atoms with Gasteiger partial charge in [-0.2, -0.15) is 0 Å². The Hall–Kier alpha value is -1.20. The molecule has 1 saturated heterocycles. The van der Waals surface area contributed by atoms with Crippen molar-refractivity contribution < 1.29 is 13.7 Å². The summed E-state index contributed by atoms with van der Waals surface area (Å²) in [5.41, 5.74) is 1.59. The zero-order valence-corrected chi connectivity index (χ0v) is 11.2. The molecule has 1 aromatic carbocycles. The fourth-order valence-electron chi connectivity index (χ4n) is 2.04. The second kappa shape index (κ2) is 6.11. The van der Waals surface area contributed by atoms with Crippen LogP contribution in [0.1, 0.15) is 15.9 Å². The Morgan fingerprint density at radius 3 is 2.67 bits per heavy atom. The fraction of sp³-hybridized carbons (Fsp3) is 0.462. The largest absolute Gasteiger partial charge is 0.465 e. The Bertz CT molecular complexity index is 451. The van der Waals surface area contributed by atoms with E-state index < -0.39 is 10.8 Å². The Balaban J connectivity index is 2.09. The van der Waals surface area contributed by atoms with Crippen molar-refractivity contribution in [1.82, 2.24) is 4.90 Å². The Morgan fingerprint density at radius 2 is 2.00 bits per heavy atom. The first-order valence-corrected chi connectivity index (χ1v) is 7.43. The molecule has 0 atom stereocenters. The van der Waals surface area contributed by atoms with Gasteiger partial charge in [0.2, 0.25) is 0 Å². The van der Waals surface area contributed by atoms with Crippen LogP contribution in [0.5, 0.6) is 0 Å². The molecule has 0 amide bonds. The summed E-state index contributed by atoms with van der Waals surface area (Å²) in [4.78, 5) is 13.9. The van der Waals surface area contributed by atoms with E-state index in [4.69, 9.17) is 4.74 Å². The molecule has 98 valence electrons. The van der Waals surface area contributed by atoms with E-state index >= 15 is 0 Å². The van der Waals surface area contributed by atoms with E-state index in [1.807, 2.05) is 18.2 Å². The molecule has 0 aliphatic carbocycles. The summed E-state index contributed by atoms with van der Waals surface area (Å²) in [5.74, 6) is 1.15. The number of benzene rings is 1. The lowest BCUT2D eigenvalue weighted by Crippen LogP contribution is -2.37. The van der Waals surface area contributed by atoms with Gasteiger partial charge in [0, 0.05) is 41.9 Å². The second-order valence-electron chi connectivity index (χ2n) is 4.27. The number of ether oxygens (including phenoxy) is 1. The number of carbonyl (C=O) groups excluding carboxylic acids is 1. The smallest absolute Gasteiger partial charge is 0.338 e. The molecule has 0 spiro atoms. The summed E-state index contributed by atoms with van der Waals surface area (Å²) >= 11 is 0. The van der Waals surface area contributed by atoms with Crippen molar-refractivity contribution in [2.75, 3.05) is 31.7 Å². The summed E-state index contributed by atoms with van der Waals surface area (Å²) < 4.78 is 16.1. The summed E-state index contributed by atoms with van der Waals surface area (Å²) in [5, 5.41) is 0. The molecule has 1 aliphatic rings. The van der Waals surface area contributed by atoms with Crippen molar-refractivity contribution in [3.63, 3.8) is 0 Å². The van der Waals surface area contributed by atoms with Gasteiger partial charge in [0.05, 0.1) is 12.7 Å². The van der Waals surface area contributed by atoms with Crippen molar-refractivity contribution in [1.29, 1.82) is 0 Å². The van der Waals surface area contributed by atoms with E-state index in [1.54, 1.807) is 6.07 Å². The van der Waals surface area contributed by atoms with Crippen LogP contribution in [-0.4, -0.2) is 46.8 Å². The Morgan fingerprint density at radius 1 is 1.33 bits per heavy atom. The van der Waals surface area contributed by atoms with Crippen LogP contribution < -0.4 is 0 Å². The second-order valence-corrected chi connectivity index (χ2v) is 5.97. The number of nitrogens with zero attached hydrogens (tertiary/aromatic N) is 1. The maximum atomic E-state index is 11.6. The molecule has 1 aliphatic heterocycles. The Labute approximate surface area is 109 Å². The Kier molecular flexibility index (Phi) is 4.49. The average molecular weight is 267 g/mol. The lowest BCUT2D eigenvalue weighted by atomic mass is 10.1. The van der Waals surface area contributed by atoms with Gasteiger partial charge in [-0.25, -0.2) is 4.79 Å². The molecule has 0 aromatic heterocycles. The lowest BCUT2D eigenvalue weighted by Gasteiger charge is -2.26. The predicted octanol–water partition coefficient (Wildman–Crippen LogP) is 1.04. The van der Waals surface area contributed by atoms with Crippen LogP contribution >= 0.6 is 0 Å². The summed E-state index contributed by atoms with van der Waals surface area (Å²) in [7, 11) is 0.724. The highest BCUT2D eigenvalue weighted by Crippen LogP contribution is 2.14. The molecular weight excluding hydrogens is 250 g/mol. The molecule has 0 radical (unpaired) electrons. The first-order chi connectivity index (χ1) is 8.70. The molecule has 2 rings (SSSR count). The molecule has 0 N–H and O–H groups in total. The number of hydrogen-bond donors (Lipinski definition) is 0. The van der Waals surface area contributed by atoms with Crippen molar-refractivity contribution in [2.24, 2.45) is 0 Å². The first-order valence-electron chi connectivity index (χ1n) is 5.94. The maximum Gasteiger partial charge on any atom is 0.338 e. The number of carbonyl (C=O) groups is 1. The van der Waals surface area contributed by atoms with E-state index in [-0.39, 0.29) is 5.97 Å². The molecular formula is C13H17NO3S. The van der Waals surface area contributed by atoms with Gasteiger partial charge in [-0.3, -0.25) is 9.11 Å². The van der Waals surface area contributed by atoms with Gasteiger partial charge in [-0.1, -0.05) is 18.2 Å². The SMILES string of the molecule is COC(=O)c1ccccc1CN1CCS(=O)CC1. The minimum atomic E-state index is -0.668. The number of rotatable bonds is 3. The molecule has 18 heavy (non-hydrogen) atoms. The van der Waals surface area contributed by atoms with Gasteiger partial charge in [-0.05, 0) is 11.6 Å².